The lowest BCUT2D eigenvalue weighted by molar-refractivity contribution is -0.173. The molecule has 0 saturated heterocycles. The zero-order valence-electron chi connectivity index (χ0n) is 16.1. The number of sulfone groups is 1. The average molecular weight is 537 g/mol. The number of halogens is 4. The number of benzene rings is 1. The summed E-state index contributed by atoms with van der Waals surface area (Å²) in [7, 11) is -3.26. The van der Waals surface area contributed by atoms with Crippen molar-refractivity contribution in [3.63, 3.8) is 0 Å². The highest BCUT2D eigenvalue weighted by molar-refractivity contribution is 14.0. The molecule has 11 heteroatoms. The number of rotatable bonds is 9. The predicted molar refractivity (Wildman–Crippen MR) is 114 cm³/mol. The van der Waals surface area contributed by atoms with Crippen LogP contribution in [-0.4, -0.2) is 53.1 Å². The predicted octanol–water partition coefficient (Wildman–Crippen LogP) is 3.04. The highest BCUT2D eigenvalue weighted by Crippen LogP contribution is 2.17. The summed E-state index contributed by atoms with van der Waals surface area (Å²) in [5.41, 5.74) is 1.51. The molecule has 1 aromatic carbocycles. The highest BCUT2D eigenvalue weighted by atomic mass is 127. The monoisotopic (exact) mass is 537 g/mol. The van der Waals surface area contributed by atoms with Crippen LogP contribution < -0.4 is 10.6 Å². The number of hydrogen-bond donors (Lipinski definition) is 2. The van der Waals surface area contributed by atoms with E-state index < -0.39 is 22.6 Å². The number of nitrogens with zero attached hydrogens (tertiary/aromatic N) is 1. The van der Waals surface area contributed by atoms with Crippen molar-refractivity contribution >= 4 is 39.8 Å². The van der Waals surface area contributed by atoms with Gasteiger partial charge in [-0.05, 0) is 37.5 Å². The fourth-order valence-corrected chi connectivity index (χ4v) is 3.27. The molecule has 28 heavy (non-hydrogen) atoms. The van der Waals surface area contributed by atoms with Gasteiger partial charge in [0.15, 0.2) is 15.8 Å². The molecule has 0 unspecified atom stereocenters. The number of alkyl halides is 3. The fraction of sp³-hybridized carbons (Fsp3) is 0.588. The summed E-state index contributed by atoms with van der Waals surface area (Å²) in [4.78, 5) is 4.69. The molecule has 0 aliphatic rings. The van der Waals surface area contributed by atoms with E-state index in [1.165, 1.54) is 6.26 Å². The van der Waals surface area contributed by atoms with Crippen molar-refractivity contribution in [3.8, 4) is 0 Å². The maximum absolute atomic E-state index is 12.0. The van der Waals surface area contributed by atoms with Gasteiger partial charge in [-0.25, -0.2) is 13.4 Å². The van der Waals surface area contributed by atoms with Crippen LogP contribution in [0.5, 0.6) is 0 Å². The van der Waals surface area contributed by atoms with Crippen molar-refractivity contribution in [2.24, 2.45) is 4.99 Å². The SMILES string of the molecule is CCNC(=NCc1ccc(S(C)(=O)=O)c(C)c1)NCCCOCC(F)(F)F.I. The van der Waals surface area contributed by atoms with Crippen molar-refractivity contribution in [2.45, 2.75) is 37.9 Å². The van der Waals surface area contributed by atoms with E-state index in [9.17, 15) is 21.6 Å². The maximum atomic E-state index is 12.0. The minimum absolute atomic E-state index is 0. The lowest BCUT2D eigenvalue weighted by atomic mass is 10.1. The summed E-state index contributed by atoms with van der Waals surface area (Å²) in [5.74, 6) is 0.526. The van der Waals surface area contributed by atoms with Crippen LogP contribution in [0.1, 0.15) is 24.5 Å². The number of ether oxygens (including phenoxy) is 1. The van der Waals surface area contributed by atoms with E-state index in [-0.39, 0.29) is 30.6 Å². The van der Waals surface area contributed by atoms with E-state index in [0.29, 0.717) is 42.5 Å². The normalized spacial score (nSPS) is 12.4. The van der Waals surface area contributed by atoms with Gasteiger partial charge in [-0.15, -0.1) is 24.0 Å². The molecule has 0 bridgehead atoms. The van der Waals surface area contributed by atoms with Gasteiger partial charge < -0.3 is 15.4 Å². The first-order valence-corrected chi connectivity index (χ1v) is 10.4. The molecule has 0 saturated carbocycles. The Hall–Kier alpha value is -1.08. The van der Waals surface area contributed by atoms with Crippen LogP contribution in [0.4, 0.5) is 13.2 Å². The van der Waals surface area contributed by atoms with Crippen LogP contribution in [0.15, 0.2) is 28.1 Å². The van der Waals surface area contributed by atoms with Gasteiger partial charge in [0.25, 0.3) is 0 Å². The quantitative estimate of drug-likeness (QED) is 0.219. The average Bonchev–Trinajstić information content (AvgIpc) is 2.53. The van der Waals surface area contributed by atoms with Gasteiger partial charge in [-0.3, -0.25) is 0 Å². The van der Waals surface area contributed by atoms with E-state index in [0.717, 1.165) is 5.56 Å². The van der Waals surface area contributed by atoms with Crippen molar-refractivity contribution in [3.05, 3.63) is 29.3 Å². The number of guanidine groups is 1. The number of nitrogens with one attached hydrogen (secondary N) is 2. The molecule has 0 atom stereocenters. The largest absolute Gasteiger partial charge is 0.411 e. The van der Waals surface area contributed by atoms with Gasteiger partial charge in [-0.1, -0.05) is 12.1 Å². The van der Waals surface area contributed by atoms with Crippen LogP contribution in [0.3, 0.4) is 0 Å². The van der Waals surface area contributed by atoms with Crippen LogP contribution in [-0.2, 0) is 21.1 Å². The first-order valence-electron chi connectivity index (χ1n) is 8.49. The molecular formula is C17H27F3IN3O3S. The lowest BCUT2D eigenvalue weighted by Crippen LogP contribution is -2.38. The van der Waals surface area contributed by atoms with Crippen LogP contribution in [0.25, 0.3) is 0 Å². The van der Waals surface area contributed by atoms with Crippen LogP contribution in [0.2, 0.25) is 0 Å². The Balaban J connectivity index is 0.00000729. The third-order valence-corrected chi connectivity index (χ3v) is 4.68. The van der Waals surface area contributed by atoms with Gasteiger partial charge in [0.1, 0.15) is 6.61 Å². The Morgan fingerprint density at radius 1 is 1.25 bits per heavy atom. The lowest BCUT2D eigenvalue weighted by Gasteiger charge is -2.12. The van der Waals surface area contributed by atoms with Gasteiger partial charge >= 0.3 is 6.18 Å². The van der Waals surface area contributed by atoms with Gasteiger partial charge in [0.2, 0.25) is 0 Å². The van der Waals surface area contributed by atoms with E-state index in [1.807, 2.05) is 6.92 Å². The first-order chi connectivity index (χ1) is 12.5. The summed E-state index contributed by atoms with van der Waals surface area (Å²) in [5, 5.41) is 6.06. The molecular weight excluding hydrogens is 510 g/mol. The molecule has 0 spiro atoms. The minimum Gasteiger partial charge on any atom is -0.372 e. The molecule has 0 aromatic heterocycles. The van der Waals surface area contributed by atoms with Crippen molar-refractivity contribution in [1.82, 2.24) is 10.6 Å². The smallest absolute Gasteiger partial charge is 0.372 e. The van der Waals surface area contributed by atoms with Gasteiger partial charge in [0, 0.05) is 26.0 Å². The summed E-state index contributed by atoms with van der Waals surface area (Å²) in [6, 6.07) is 5.05. The third kappa shape index (κ3) is 11.1. The molecule has 1 aromatic rings. The summed E-state index contributed by atoms with van der Waals surface area (Å²) in [6.45, 7) is 3.76. The minimum atomic E-state index is -4.31. The Kier molecular flexibility index (Phi) is 12.0. The van der Waals surface area contributed by atoms with E-state index in [2.05, 4.69) is 20.4 Å². The Labute approximate surface area is 181 Å². The Morgan fingerprint density at radius 2 is 1.93 bits per heavy atom. The third-order valence-electron chi connectivity index (χ3n) is 3.43. The number of aryl methyl sites for hydroxylation is 1. The topological polar surface area (TPSA) is 79.8 Å². The van der Waals surface area contributed by atoms with Crippen LogP contribution >= 0.6 is 24.0 Å². The molecule has 0 fully saturated rings. The highest BCUT2D eigenvalue weighted by Gasteiger charge is 2.27. The zero-order valence-corrected chi connectivity index (χ0v) is 19.2. The molecule has 0 radical (unpaired) electrons. The molecule has 0 amide bonds. The molecule has 0 aliphatic heterocycles. The first kappa shape index (κ1) is 26.9. The van der Waals surface area contributed by atoms with E-state index >= 15 is 0 Å². The Morgan fingerprint density at radius 3 is 2.46 bits per heavy atom. The Bertz CT molecular complexity index is 741. The van der Waals surface area contributed by atoms with Crippen molar-refractivity contribution in [2.75, 3.05) is 32.6 Å². The molecule has 0 aliphatic carbocycles. The number of aliphatic imine (C=N–C) groups is 1. The second-order valence-corrected chi connectivity index (χ2v) is 8.00. The second kappa shape index (κ2) is 12.5. The summed E-state index contributed by atoms with van der Waals surface area (Å²) < 4.78 is 63.7. The standard InChI is InChI=1S/C17H26F3N3O3S.HI/c1-4-21-16(22-8-5-9-26-12-17(18,19)20)23-11-14-6-7-15(13(2)10-14)27(3,24)25;/h6-7,10H,4-5,8-9,11-12H2,1-3H3,(H2,21,22,23);1H. The van der Waals surface area contributed by atoms with Crippen LogP contribution in [0, 0.1) is 6.92 Å². The molecule has 162 valence electrons. The van der Waals surface area contributed by atoms with Crippen molar-refractivity contribution < 1.29 is 26.3 Å². The van der Waals surface area contributed by atoms with E-state index in [4.69, 9.17) is 0 Å². The molecule has 2 N–H and O–H groups in total. The zero-order chi connectivity index (χ0) is 20.5. The molecule has 6 nitrogen and oxygen atoms in total. The van der Waals surface area contributed by atoms with Gasteiger partial charge in [-0.2, -0.15) is 13.2 Å². The van der Waals surface area contributed by atoms with Crippen molar-refractivity contribution in [1.29, 1.82) is 0 Å². The van der Waals surface area contributed by atoms with E-state index in [1.54, 1.807) is 25.1 Å². The molecule has 1 rings (SSSR count). The second-order valence-electron chi connectivity index (χ2n) is 6.02. The molecule has 0 heterocycles. The fourth-order valence-electron chi connectivity index (χ4n) is 2.31. The summed E-state index contributed by atoms with van der Waals surface area (Å²) >= 11 is 0. The number of hydrogen-bond acceptors (Lipinski definition) is 4. The summed E-state index contributed by atoms with van der Waals surface area (Å²) in [6.07, 6.45) is -2.74. The van der Waals surface area contributed by atoms with Gasteiger partial charge in [0.05, 0.1) is 11.4 Å². The maximum Gasteiger partial charge on any atom is 0.411 e.